The summed E-state index contributed by atoms with van der Waals surface area (Å²) in [7, 11) is -3.27. The number of nitrogens with zero attached hydrogens (tertiary/aromatic N) is 1. The molecule has 21 heavy (non-hydrogen) atoms. The SMILES string of the molecule is CS(=O)(=O)c1cccc2c1[nH]c(=S)n2CC1CSCCS1. The third-order valence-corrected chi connectivity index (χ3v) is 7.73. The number of aromatic amines is 1. The van der Waals surface area contributed by atoms with Gasteiger partial charge in [-0.3, -0.25) is 0 Å². The molecule has 4 nitrogen and oxygen atoms in total. The van der Waals surface area contributed by atoms with Crippen molar-refractivity contribution in [3.05, 3.63) is 23.0 Å². The first-order valence-electron chi connectivity index (χ1n) is 6.58. The third kappa shape index (κ3) is 3.18. The Morgan fingerprint density at radius 3 is 2.90 bits per heavy atom. The maximum atomic E-state index is 11.9. The molecular formula is C13H16N2O2S4. The molecule has 1 aliphatic rings. The van der Waals surface area contributed by atoms with E-state index in [2.05, 4.69) is 4.98 Å². The van der Waals surface area contributed by atoms with Crippen molar-refractivity contribution < 1.29 is 8.42 Å². The number of fused-ring (bicyclic) bond motifs is 1. The second-order valence-corrected chi connectivity index (χ2v) is 9.96. The topological polar surface area (TPSA) is 54.9 Å². The van der Waals surface area contributed by atoms with E-state index in [-0.39, 0.29) is 0 Å². The molecule has 114 valence electrons. The summed E-state index contributed by atoms with van der Waals surface area (Å²) in [5.74, 6) is 3.49. The molecule has 1 saturated heterocycles. The minimum atomic E-state index is -3.27. The number of hydrogen-bond donors (Lipinski definition) is 1. The predicted molar refractivity (Wildman–Crippen MR) is 93.8 cm³/mol. The fraction of sp³-hybridized carbons (Fsp3) is 0.462. The van der Waals surface area contributed by atoms with Crippen molar-refractivity contribution in [3.63, 3.8) is 0 Å². The van der Waals surface area contributed by atoms with Crippen molar-refractivity contribution in [2.45, 2.75) is 16.7 Å². The molecule has 0 amide bonds. The first-order chi connectivity index (χ1) is 9.97. The van der Waals surface area contributed by atoms with Crippen molar-refractivity contribution in [1.29, 1.82) is 0 Å². The van der Waals surface area contributed by atoms with Gasteiger partial charge in [0.25, 0.3) is 0 Å². The van der Waals surface area contributed by atoms with Crippen molar-refractivity contribution in [2.24, 2.45) is 0 Å². The second-order valence-electron chi connectivity index (χ2n) is 5.03. The first-order valence-corrected chi connectivity index (χ1v) is 11.1. The van der Waals surface area contributed by atoms with Gasteiger partial charge in [0.05, 0.1) is 15.9 Å². The smallest absolute Gasteiger partial charge is 0.178 e. The lowest BCUT2D eigenvalue weighted by molar-refractivity contribution is 0.602. The fourth-order valence-electron chi connectivity index (χ4n) is 2.49. The number of nitrogens with one attached hydrogen (secondary N) is 1. The normalized spacial score (nSPS) is 20.0. The average Bonchev–Trinajstić information content (AvgIpc) is 2.75. The zero-order valence-electron chi connectivity index (χ0n) is 11.5. The van der Waals surface area contributed by atoms with Crippen molar-refractivity contribution in [2.75, 3.05) is 23.5 Å². The molecule has 1 aromatic carbocycles. The summed E-state index contributed by atoms with van der Waals surface area (Å²) in [6.07, 6.45) is 1.23. The molecule has 8 heteroatoms. The van der Waals surface area contributed by atoms with Gasteiger partial charge < -0.3 is 9.55 Å². The van der Waals surface area contributed by atoms with Gasteiger partial charge in [-0.15, -0.1) is 0 Å². The lowest BCUT2D eigenvalue weighted by Crippen LogP contribution is -2.20. The number of hydrogen-bond acceptors (Lipinski definition) is 5. The molecule has 0 bridgehead atoms. The summed E-state index contributed by atoms with van der Waals surface area (Å²) in [5.41, 5.74) is 1.50. The number of imidazole rings is 1. The van der Waals surface area contributed by atoms with Gasteiger partial charge in [-0.05, 0) is 24.4 Å². The number of thioether (sulfide) groups is 2. The zero-order valence-corrected chi connectivity index (χ0v) is 14.8. The van der Waals surface area contributed by atoms with Crippen molar-refractivity contribution in [3.8, 4) is 0 Å². The Bertz CT molecular complexity index is 816. The molecule has 0 spiro atoms. The van der Waals surface area contributed by atoms with Gasteiger partial charge in [-0.1, -0.05) is 6.07 Å². The molecule has 1 aromatic heterocycles. The van der Waals surface area contributed by atoms with Crippen LogP contribution in [-0.2, 0) is 16.4 Å². The highest BCUT2D eigenvalue weighted by Crippen LogP contribution is 2.28. The van der Waals surface area contributed by atoms with Gasteiger partial charge in [0.1, 0.15) is 0 Å². The Morgan fingerprint density at radius 1 is 1.43 bits per heavy atom. The number of para-hydroxylation sites is 1. The Kier molecular flexibility index (Phi) is 4.40. The third-order valence-electron chi connectivity index (χ3n) is 3.44. The Balaban J connectivity index is 2.07. The Labute approximate surface area is 137 Å². The molecular weight excluding hydrogens is 344 g/mol. The van der Waals surface area contributed by atoms with E-state index in [1.807, 2.05) is 34.2 Å². The number of rotatable bonds is 3. The second kappa shape index (κ2) is 5.98. The summed E-state index contributed by atoms with van der Waals surface area (Å²) in [4.78, 5) is 3.39. The number of benzene rings is 1. The lowest BCUT2D eigenvalue weighted by atomic mass is 10.3. The predicted octanol–water partition coefficient (Wildman–Crippen LogP) is 2.95. The van der Waals surface area contributed by atoms with E-state index >= 15 is 0 Å². The molecule has 1 aliphatic heterocycles. The molecule has 0 saturated carbocycles. The van der Waals surface area contributed by atoms with E-state index in [1.54, 1.807) is 12.1 Å². The minimum absolute atomic E-state index is 0.315. The zero-order chi connectivity index (χ0) is 15.0. The molecule has 1 unspecified atom stereocenters. The van der Waals surface area contributed by atoms with Gasteiger partial charge in [-0.2, -0.15) is 23.5 Å². The molecule has 1 atom stereocenters. The largest absolute Gasteiger partial charge is 0.329 e. The van der Waals surface area contributed by atoms with Gasteiger partial charge in [0, 0.05) is 35.3 Å². The van der Waals surface area contributed by atoms with Crippen LogP contribution >= 0.6 is 35.7 Å². The maximum Gasteiger partial charge on any atom is 0.178 e. The quantitative estimate of drug-likeness (QED) is 0.853. The number of H-pyrrole nitrogens is 1. The molecule has 2 aromatic rings. The Hall–Kier alpha value is -0.440. The first kappa shape index (κ1) is 15.5. The van der Waals surface area contributed by atoms with E-state index in [0.717, 1.165) is 17.8 Å². The minimum Gasteiger partial charge on any atom is -0.329 e. The maximum absolute atomic E-state index is 11.9. The van der Waals surface area contributed by atoms with Crippen LogP contribution in [0.5, 0.6) is 0 Å². The molecule has 3 rings (SSSR count). The summed E-state index contributed by atoms with van der Waals surface area (Å²) >= 11 is 9.34. The van der Waals surface area contributed by atoms with E-state index in [9.17, 15) is 8.42 Å². The van der Waals surface area contributed by atoms with Crippen LogP contribution in [0.15, 0.2) is 23.1 Å². The van der Waals surface area contributed by atoms with Crippen LogP contribution in [-0.4, -0.2) is 46.7 Å². The van der Waals surface area contributed by atoms with E-state index in [1.165, 1.54) is 17.8 Å². The van der Waals surface area contributed by atoms with E-state index in [4.69, 9.17) is 12.2 Å². The number of sulfone groups is 1. The summed E-state index contributed by atoms with van der Waals surface area (Å²) in [5, 5.41) is 0.524. The highest BCUT2D eigenvalue weighted by Gasteiger charge is 2.19. The number of aromatic nitrogens is 2. The van der Waals surface area contributed by atoms with Crippen LogP contribution in [0, 0.1) is 4.77 Å². The van der Waals surface area contributed by atoms with Crippen LogP contribution in [0.2, 0.25) is 0 Å². The molecule has 0 aliphatic carbocycles. The lowest BCUT2D eigenvalue weighted by Gasteiger charge is -2.21. The Morgan fingerprint density at radius 2 is 2.24 bits per heavy atom. The average molecular weight is 361 g/mol. The fourth-order valence-corrected chi connectivity index (χ4v) is 6.27. The van der Waals surface area contributed by atoms with Crippen molar-refractivity contribution >= 4 is 56.6 Å². The van der Waals surface area contributed by atoms with Gasteiger partial charge in [0.2, 0.25) is 0 Å². The molecule has 1 fully saturated rings. The molecule has 2 heterocycles. The highest BCUT2D eigenvalue weighted by atomic mass is 32.2. The standard InChI is InChI=1S/C13H16N2O2S4/c1-21(16,17)11-4-2-3-10-12(11)14-13(18)15(10)7-9-8-19-5-6-20-9/h2-4,9H,5-8H2,1H3,(H,14,18). The molecule has 0 radical (unpaired) electrons. The van der Waals surface area contributed by atoms with Gasteiger partial charge in [0.15, 0.2) is 14.6 Å². The van der Waals surface area contributed by atoms with E-state index < -0.39 is 9.84 Å². The highest BCUT2D eigenvalue weighted by molar-refractivity contribution is 8.06. The van der Waals surface area contributed by atoms with Crippen LogP contribution in [0.25, 0.3) is 11.0 Å². The summed E-state index contributed by atoms with van der Waals surface area (Å²) in [6.45, 7) is 0.823. The summed E-state index contributed by atoms with van der Waals surface area (Å²) in [6, 6.07) is 5.33. The van der Waals surface area contributed by atoms with Crippen LogP contribution < -0.4 is 0 Å². The van der Waals surface area contributed by atoms with Gasteiger partial charge in [-0.25, -0.2) is 8.42 Å². The molecule has 1 N–H and O–H groups in total. The van der Waals surface area contributed by atoms with Crippen LogP contribution in [0.1, 0.15) is 0 Å². The van der Waals surface area contributed by atoms with E-state index in [0.29, 0.717) is 20.4 Å². The van der Waals surface area contributed by atoms with Crippen molar-refractivity contribution in [1.82, 2.24) is 9.55 Å². The van der Waals surface area contributed by atoms with Crippen LogP contribution in [0.3, 0.4) is 0 Å². The van der Waals surface area contributed by atoms with Crippen LogP contribution in [0.4, 0.5) is 0 Å². The summed E-state index contributed by atoms with van der Waals surface area (Å²) < 4.78 is 26.4. The monoisotopic (exact) mass is 360 g/mol. The van der Waals surface area contributed by atoms with Gasteiger partial charge >= 0.3 is 0 Å².